The van der Waals surface area contributed by atoms with Crippen LogP contribution in [0.2, 0.25) is 0 Å². The van der Waals surface area contributed by atoms with E-state index in [1.165, 1.54) is 61.0 Å². The minimum atomic E-state index is 0.820. The van der Waals surface area contributed by atoms with E-state index in [1.807, 2.05) is 0 Å². The molecule has 0 aromatic heterocycles. The summed E-state index contributed by atoms with van der Waals surface area (Å²) in [7, 11) is 0. The van der Waals surface area contributed by atoms with E-state index in [-0.39, 0.29) is 0 Å². The molecule has 0 radical (unpaired) electrons. The van der Waals surface area contributed by atoms with Crippen molar-refractivity contribution in [3.05, 3.63) is 59.7 Å². The van der Waals surface area contributed by atoms with Gasteiger partial charge in [0, 0.05) is 11.4 Å². The van der Waals surface area contributed by atoms with Gasteiger partial charge in [0.15, 0.2) is 0 Å². The molecular weight excluding hydrogens is 254 g/mol. The fraction of sp³-hybridized carbons (Fsp3) is 0.400. The molecule has 0 unspecified atom stereocenters. The second-order valence-electron chi connectivity index (χ2n) is 6.62. The summed E-state index contributed by atoms with van der Waals surface area (Å²) < 4.78 is 0. The highest BCUT2D eigenvalue weighted by Gasteiger charge is 2.19. The standard InChI is InChI=1S/C20H23N/c1-3-15(4-1)17-7-11-19(12-8-17)21-20-13-9-18(10-14-20)16-5-2-6-16/h7-16,21H,1-6H2. The molecule has 2 saturated carbocycles. The molecule has 21 heavy (non-hydrogen) atoms. The molecule has 1 nitrogen and oxygen atoms in total. The first-order valence-electron chi connectivity index (χ1n) is 8.35. The van der Waals surface area contributed by atoms with Gasteiger partial charge in [-0.05, 0) is 72.9 Å². The highest BCUT2D eigenvalue weighted by Crippen LogP contribution is 2.38. The van der Waals surface area contributed by atoms with E-state index in [4.69, 9.17) is 0 Å². The minimum absolute atomic E-state index is 0.820. The first-order valence-corrected chi connectivity index (χ1v) is 8.35. The van der Waals surface area contributed by atoms with Crippen molar-refractivity contribution >= 4 is 11.4 Å². The van der Waals surface area contributed by atoms with Crippen LogP contribution < -0.4 is 5.32 Å². The molecule has 0 amide bonds. The maximum atomic E-state index is 3.51. The Hall–Kier alpha value is -1.76. The predicted molar refractivity (Wildman–Crippen MR) is 89.4 cm³/mol. The number of rotatable bonds is 4. The monoisotopic (exact) mass is 277 g/mol. The number of hydrogen-bond donors (Lipinski definition) is 1. The largest absolute Gasteiger partial charge is 0.356 e. The zero-order chi connectivity index (χ0) is 14.1. The van der Waals surface area contributed by atoms with Gasteiger partial charge in [0.05, 0.1) is 0 Å². The van der Waals surface area contributed by atoms with E-state index in [0.29, 0.717) is 0 Å². The Bertz CT molecular complexity index is 533. The summed E-state index contributed by atoms with van der Waals surface area (Å²) in [5.74, 6) is 1.64. The van der Waals surface area contributed by atoms with Crippen LogP contribution in [0.15, 0.2) is 48.5 Å². The molecule has 0 spiro atoms. The number of nitrogens with one attached hydrogen (secondary N) is 1. The lowest BCUT2D eigenvalue weighted by molar-refractivity contribution is 0.420. The molecule has 2 aromatic rings. The van der Waals surface area contributed by atoms with Crippen molar-refractivity contribution in [1.82, 2.24) is 0 Å². The lowest BCUT2D eigenvalue weighted by Crippen LogP contribution is -2.08. The number of benzene rings is 2. The Morgan fingerprint density at radius 3 is 1.24 bits per heavy atom. The molecule has 2 aliphatic rings. The summed E-state index contributed by atoms with van der Waals surface area (Å²) >= 11 is 0. The topological polar surface area (TPSA) is 12.0 Å². The summed E-state index contributed by atoms with van der Waals surface area (Å²) in [5.41, 5.74) is 5.39. The molecule has 0 bridgehead atoms. The molecule has 1 N–H and O–H groups in total. The Balaban J connectivity index is 1.42. The normalized spacial score (nSPS) is 18.9. The van der Waals surface area contributed by atoms with Crippen LogP contribution in [0.3, 0.4) is 0 Å². The summed E-state index contributed by atoms with van der Waals surface area (Å²) in [6, 6.07) is 18.0. The smallest absolute Gasteiger partial charge is 0.0384 e. The lowest BCUT2D eigenvalue weighted by Gasteiger charge is -2.26. The summed E-state index contributed by atoms with van der Waals surface area (Å²) in [6.07, 6.45) is 8.28. The predicted octanol–water partition coefficient (Wildman–Crippen LogP) is 5.97. The second kappa shape index (κ2) is 5.55. The van der Waals surface area contributed by atoms with Gasteiger partial charge in [-0.2, -0.15) is 0 Å². The van der Waals surface area contributed by atoms with Crippen LogP contribution in [0.25, 0.3) is 0 Å². The van der Waals surface area contributed by atoms with Crippen LogP contribution in [0.5, 0.6) is 0 Å². The van der Waals surface area contributed by atoms with Crippen LogP contribution in [0.4, 0.5) is 11.4 Å². The average molecular weight is 277 g/mol. The van der Waals surface area contributed by atoms with Crippen molar-refractivity contribution in [3.8, 4) is 0 Å². The van der Waals surface area contributed by atoms with Crippen LogP contribution in [-0.2, 0) is 0 Å². The Morgan fingerprint density at radius 1 is 0.571 bits per heavy atom. The lowest BCUT2D eigenvalue weighted by atomic mass is 9.80. The third kappa shape index (κ3) is 2.70. The zero-order valence-electron chi connectivity index (χ0n) is 12.5. The SMILES string of the molecule is c1cc(C2CCC2)ccc1Nc1ccc(C2CCC2)cc1. The Kier molecular flexibility index (Phi) is 3.42. The summed E-state index contributed by atoms with van der Waals surface area (Å²) in [5, 5.41) is 3.51. The minimum Gasteiger partial charge on any atom is -0.356 e. The van der Waals surface area contributed by atoms with Crippen LogP contribution >= 0.6 is 0 Å². The van der Waals surface area contributed by atoms with Gasteiger partial charge in [0.1, 0.15) is 0 Å². The van der Waals surface area contributed by atoms with Gasteiger partial charge < -0.3 is 5.32 Å². The van der Waals surface area contributed by atoms with Crippen molar-refractivity contribution in [2.24, 2.45) is 0 Å². The van der Waals surface area contributed by atoms with E-state index in [2.05, 4.69) is 53.8 Å². The maximum Gasteiger partial charge on any atom is 0.0384 e. The molecule has 0 heterocycles. The number of hydrogen-bond acceptors (Lipinski definition) is 1. The highest BCUT2D eigenvalue weighted by molar-refractivity contribution is 5.60. The molecule has 1 heteroatoms. The fourth-order valence-corrected chi connectivity index (χ4v) is 3.33. The first kappa shape index (κ1) is 12.9. The van der Waals surface area contributed by atoms with Gasteiger partial charge in [0.25, 0.3) is 0 Å². The molecule has 0 atom stereocenters. The molecular formula is C20H23N. The van der Waals surface area contributed by atoms with Crippen LogP contribution in [0, 0.1) is 0 Å². The van der Waals surface area contributed by atoms with E-state index in [1.54, 1.807) is 0 Å². The van der Waals surface area contributed by atoms with E-state index in [9.17, 15) is 0 Å². The zero-order valence-corrected chi connectivity index (χ0v) is 12.5. The quantitative estimate of drug-likeness (QED) is 0.726. The molecule has 2 aliphatic carbocycles. The van der Waals surface area contributed by atoms with Gasteiger partial charge in [-0.1, -0.05) is 37.1 Å². The third-order valence-electron chi connectivity index (χ3n) is 5.26. The molecule has 2 fully saturated rings. The van der Waals surface area contributed by atoms with Gasteiger partial charge in [-0.3, -0.25) is 0 Å². The number of anilines is 2. The molecule has 4 rings (SSSR count). The average Bonchev–Trinajstić information content (AvgIpc) is 2.39. The summed E-state index contributed by atoms with van der Waals surface area (Å²) in [4.78, 5) is 0. The Labute approximate surface area is 127 Å². The van der Waals surface area contributed by atoms with Crippen molar-refractivity contribution in [3.63, 3.8) is 0 Å². The Morgan fingerprint density at radius 2 is 0.952 bits per heavy atom. The van der Waals surface area contributed by atoms with E-state index < -0.39 is 0 Å². The molecule has 0 saturated heterocycles. The fourth-order valence-electron chi connectivity index (χ4n) is 3.33. The van der Waals surface area contributed by atoms with Crippen LogP contribution in [-0.4, -0.2) is 0 Å². The first-order chi connectivity index (χ1) is 10.4. The highest BCUT2D eigenvalue weighted by atomic mass is 14.9. The second-order valence-corrected chi connectivity index (χ2v) is 6.62. The molecule has 108 valence electrons. The third-order valence-corrected chi connectivity index (χ3v) is 5.26. The molecule has 0 aliphatic heterocycles. The van der Waals surface area contributed by atoms with Crippen molar-refractivity contribution in [1.29, 1.82) is 0 Å². The van der Waals surface area contributed by atoms with Crippen molar-refractivity contribution in [2.75, 3.05) is 5.32 Å². The van der Waals surface area contributed by atoms with Gasteiger partial charge in [-0.25, -0.2) is 0 Å². The van der Waals surface area contributed by atoms with E-state index in [0.717, 1.165) is 11.8 Å². The molecule has 2 aromatic carbocycles. The van der Waals surface area contributed by atoms with Crippen molar-refractivity contribution < 1.29 is 0 Å². The van der Waals surface area contributed by atoms with Gasteiger partial charge >= 0.3 is 0 Å². The van der Waals surface area contributed by atoms with Crippen molar-refractivity contribution in [2.45, 2.75) is 50.4 Å². The van der Waals surface area contributed by atoms with Gasteiger partial charge in [-0.15, -0.1) is 0 Å². The van der Waals surface area contributed by atoms with E-state index >= 15 is 0 Å². The van der Waals surface area contributed by atoms with Crippen LogP contribution in [0.1, 0.15) is 61.5 Å². The maximum absolute atomic E-state index is 3.51. The van der Waals surface area contributed by atoms with Gasteiger partial charge in [0.2, 0.25) is 0 Å². The summed E-state index contributed by atoms with van der Waals surface area (Å²) in [6.45, 7) is 0.